The average Bonchev–Trinajstić information content (AvgIpc) is 3.34. The second-order valence-electron chi connectivity index (χ2n) is 22.7. The summed E-state index contributed by atoms with van der Waals surface area (Å²) in [4.78, 5) is 148. The van der Waals surface area contributed by atoms with Gasteiger partial charge in [-0.3, -0.25) is 58.0 Å². The van der Waals surface area contributed by atoms with Crippen LogP contribution in [0, 0.1) is 0 Å². The summed E-state index contributed by atoms with van der Waals surface area (Å²) in [6.07, 6.45) is 5.27. The van der Waals surface area contributed by atoms with Crippen molar-refractivity contribution < 1.29 is 57.4 Å². The third-order valence-electron chi connectivity index (χ3n) is 15.8. The van der Waals surface area contributed by atoms with Gasteiger partial charge in [0.25, 0.3) is 47.3 Å². The van der Waals surface area contributed by atoms with E-state index in [0.29, 0.717) is 38.5 Å². The first-order valence-electron chi connectivity index (χ1n) is 25.8. The maximum atomic E-state index is 14.9. The van der Waals surface area contributed by atoms with E-state index in [0.717, 1.165) is 35.5 Å². The monoisotopic (exact) mass is 1010 g/mol. The quantitative estimate of drug-likeness (QED) is 0.175. The Morgan fingerprint density at radius 3 is 0.797 bits per heavy atom. The van der Waals surface area contributed by atoms with Gasteiger partial charge < -0.3 is 20.1 Å². The van der Waals surface area contributed by atoms with Gasteiger partial charge in [0.15, 0.2) is 0 Å². The molecule has 4 heterocycles. The molecule has 0 bridgehead atoms. The van der Waals surface area contributed by atoms with Crippen LogP contribution in [0.3, 0.4) is 0 Å². The number of imide groups is 4. The molecule has 10 amide bonds. The number of nitrogens with one attached hydrogen (secondary N) is 2. The first kappa shape index (κ1) is 48.8. The van der Waals surface area contributed by atoms with Crippen LogP contribution in [0.5, 0.6) is 0 Å². The Labute approximate surface area is 426 Å². The molecule has 0 radical (unpaired) electrons. The standard InChI is InChI=1S/C56H58N6O12/c1-55(2,3)73-53(71)57-35-13-7-9-15-37(35)59-45(63)27-19-23-31-43-32(24-20-28(41(27)43)46(59)64)50(68)61(49(31)67)39-17-11-12-18-40(39)62-51(69)33-25-21-29-42-30(22-26-34(44(33)42)52(62)70)48(66)60(47(29)65)38-16-10-8-14-36(38)58-54(72)74-56(4,5)6/h19-26,35-40H,7-18H2,1-6H3,(H,57,71)(H,58,72)/t35-,36?,37?,38-,39-,40?/m1/s1. The Morgan fingerprint density at radius 2 is 0.568 bits per heavy atom. The van der Waals surface area contributed by atoms with Gasteiger partial charge in [0, 0.05) is 66.1 Å². The smallest absolute Gasteiger partial charge is 0.407 e. The van der Waals surface area contributed by atoms with Crippen molar-refractivity contribution in [2.24, 2.45) is 0 Å². The predicted octanol–water partition coefficient (Wildman–Crippen LogP) is 8.06. The summed E-state index contributed by atoms with van der Waals surface area (Å²) in [6, 6.07) is 7.47. The molecule has 18 nitrogen and oxygen atoms in total. The van der Waals surface area contributed by atoms with Gasteiger partial charge in [-0.25, -0.2) is 9.59 Å². The summed E-state index contributed by atoms with van der Waals surface area (Å²) in [5.74, 6) is -5.22. The van der Waals surface area contributed by atoms with Crippen molar-refractivity contribution >= 4 is 81.0 Å². The van der Waals surface area contributed by atoms with Crippen LogP contribution in [0.1, 0.15) is 201 Å². The summed E-state index contributed by atoms with van der Waals surface area (Å²) in [5, 5.41) is 6.50. The van der Waals surface area contributed by atoms with E-state index in [2.05, 4.69) is 10.6 Å². The Morgan fingerprint density at radius 1 is 0.365 bits per heavy atom. The zero-order chi connectivity index (χ0) is 52.4. The van der Waals surface area contributed by atoms with E-state index in [1.54, 1.807) is 41.5 Å². The third kappa shape index (κ3) is 7.72. The SMILES string of the molecule is CC(C)(C)OC(=O)NC1CCCC[C@H]1N1C(=O)c2ccc3c4c(ccc(c24)C1=O)C(=O)N(C1CCCC[C@H]1N1C(=O)c2ccc4c5c(ccc(c25)C1=O)C(=O)N(C1CCCC[C@H]1NC(=O)OC(C)(C)C)C4=O)C3=O. The molecule has 384 valence electrons. The van der Waals surface area contributed by atoms with E-state index in [4.69, 9.17) is 9.47 Å². The van der Waals surface area contributed by atoms with Crippen molar-refractivity contribution in [2.45, 2.75) is 166 Å². The van der Waals surface area contributed by atoms with Crippen molar-refractivity contribution in [1.82, 2.24) is 30.2 Å². The van der Waals surface area contributed by atoms with Gasteiger partial charge in [0.2, 0.25) is 0 Å². The van der Waals surface area contributed by atoms with Crippen molar-refractivity contribution in [1.29, 1.82) is 0 Å². The summed E-state index contributed by atoms with van der Waals surface area (Å²) < 4.78 is 11.0. The molecular weight excluding hydrogens is 949 g/mol. The fourth-order valence-corrected chi connectivity index (χ4v) is 12.8. The molecule has 3 fully saturated rings. The fraction of sp³-hybridized carbons (Fsp3) is 0.464. The lowest BCUT2D eigenvalue weighted by atomic mass is 9.80. The lowest BCUT2D eigenvalue weighted by Gasteiger charge is -2.46. The Bertz CT molecular complexity index is 2890. The van der Waals surface area contributed by atoms with E-state index in [9.17, 15) is 47.9 Å². The number of hydrogen-bond donors (Lipinski definition) is 2. The lowest BCUT2D eigenvalue weighted by Crippen LogP contribution is -2.61. The van der Waals surface area contributed by atoms with E-state index >= 15 is 0 Å². The van der Waals surface area contributed by atoms with Gasteiger partial charge in [0.05, 0.1) is 36.3 Å². The summed E-state index contributed by atoms with van der Waals surface area (Å²) in [7, 11) is 0. The molecule has 0 spiro atoms. The largest absolute Gasteiger partial charge is 0.444 e. The minimum absolute atomic E-state index is 0.0881. The molecule has 0 aromatic heterocycles. The fourth-order valence-electron chi connectivity index (χ4n) is 12.8. The molecule has 0 saturated heterocycles. The molecule has 3 unspecified atom stereocenters. The van der Waals surface area contributed by atoms with Crippen LogP contribution in [-0.4, -0.2) is 126 Å². The number of rotatable bonds is 6. The maximum absolute atomic E-state index is 14.9. The van der Waals surface area contributed by atoms with Crippen LogP contribution in [0.4, 0.5) is 9.59 Å². The second-order valence-corrected chi connectivity index (χ2v) is 22.7. The van der Waals surface area contributed by atoms with E-state index in [-0.39, 0.29) is 78.9 Å². The first-order valence-corrected chi connectivity index (χ1v) is 25.8. The third-order valence-corrected chi connectivity index (χ3v) is 15.8. The number of amides is 10. The van der Waals surface area contributed by atoms with Crippen LogP contribution in [-0.2, 0) is 9.47 Å². The molecule has 6 atom stereocenters. The van der Waals surface area contributed by atoms with Gasteiger partial charge in [-0.2, -0.15) is 0 Å². The van der Waals surface area contributed by atoms with Gasteiger partial charge in [-0.1, -0.05) is 38.5 Å². The molecule has 2 N–H and O–H groups in total. The van der Waals surface area contributed by atoms with Gasteiger partial charge in [-0.05, 0) is 129 Å². The molecule has 7 aliphatic rings. The van der Waals surface area contributed by atoms with Crippen molar-refractivity contribution in [3.8, 4) is 0 Å². The van der Waals surface area contributed by atoms with Crippen LogP contribution in [0.2, 0.25) is 0 Å². The van der Waals surface area contributed by atoms with E-state index in [1.165, 1.54) is 58.3 Å². The second kappa shape index (κ2) is 17.6. The molecule has 4 aromatic carbocycles. The zero-order valence-electron chi connectivity index (χ0n) is 42.3. The maximum Gasteiger partial charge on any atom is 0.407 e. The lowest BCUT2D eigenvalue weighted by molar-refractivity contribution is 0.0241. The number of carbonyl (C=O) groups is 10. The minimum Gasteiger partial charge on any atom is -0.444 e. The van der Waals surface area contributed by atoms with E-state index in [1.807, 2.05) is 0 Å². The number of ether oxygens (including phenoxy) is 2. The molecule has 74 heavy (non-hydrogen) atoms. The van der Waals surface area contributed by atoms with Gasteiger partial charge >= 0.3 is 12.2 Å². The van der Waals surface area contributed by atoms with Gasteiger partial charge in [0.1, 0.15) is 11.2 Å². The molecule has 4 aliphatic heterocycles. The number of alkyl carbamates (subject to hydrolysis) is 2. The number of benzene rings is 4. The molecule has 4 aromatic rings. The van der Waals surface area contributed by atoms with Crippen LogP contribution in [0.15, 0.2) is 48.5 Å². The Hall–Kier alpha value is -7.50. The Balaban J connectivity index is 0.885. The first-order chi connectivity index (χ1) is 35.1. The zero-order valence-corrected chi connectivity index (χ0v) is 42.3. The summed E-state index contributed by atoms with van der Waals surface area (Å²) >= 11 is 0. The number of hydrogen-bond acceptors (Lipinski definition) is 12. The highest BCUT2D eigenvalue weighted by atomic mass is 16.6. The minimum atomic E-state index is -0.963. The van der Waals surface area contributed by atoms with E-state index < -0.39 is 107 Å². The number of carbonyl (C=O) groups excluding carboxylic acids is 10. The highest BCUT2D eigenvalue weighted by Crippen LogP contribution is 2.45. The van der Waals surface area contributed by atoms with Crippen LogP contribution >= 0.6 is 0 Å². The van der Waals surface area contributed by atoms with Crippen LogP contribution in [0.25, 0.3) is 21.5 Å². The average molecular weight is 1010 g/mol. The summed E-state index contributed by atoms with van der Waals surface area (Å²) in [6.45, 7) is 10.5. The highest BCUT2D eigenvalue weighted by Gasteiger charge is 2.51. The van der Waals surface area contributed by atoms with Crippen molar-refractivity contribution in [3.63, 3.8) is 0 Å². The predicted molar refractivity (Wildman–Crippen MR) is 267 cm³/mol. The molecular formula is C56H58N6O12. The number of nitrogens with zero attached hydrogens (tertiary/aromatic N) is 4. The molecule has 3 saturated carbocycles. The Kier molecular flexibility index (Phi) is 11.6. The molecule has 11 rings (SSSR count). The van der Waals surface area contributed by atoms with Crippen LogP contribution < -0.4 is 10.6 Å². The topological polar surface area (TPSA) is 226 Å². The summed E-state index contributed by atoms with van der Waals surface area (Å²) in [5.41, 5.74) is -0.629. The highest BCUT2D eigenvalue weighted by molar-refractivity contribution is 6.35. The molecule has 18 heteroatoms. The van der Waals surface area contributed by atoms with Crippen molar-refractivity contribution in [2.75, 3.05) is 0 Å². The molecule has 3 aliphatic carbocycles. The van der Waals surface area contributed by atoms with Crippen molar-refractivity contribution in [3.05, 3.63) is 93.0 Å². The normalized spacial score (nSPS) is 25.0. The van der Waals surface area contributed by atoms with Gasteiger partial charge in [-0.15, -0.1) is 0 Å².